The van der Waals surface area contributed by atoms with Gasteiger partial charge in [-0.25, -0.2) is 0 Å². The van der Waals surface area contributed by atoms with Gasteiger partial charge in [-0.1, -0.05) is 59.3 Å². The van der Waals surface area contributed by atoms with Crippen LogP contribution in [0.3, 0.4) is 0 Å². The Kier molecular flexibility index (Phi) is 3.78. The second-order valence-corrected chi connectivity index (χ2v) is 4.30. The Balaban J connectivity index is 2.27. The maximum Gasteiger partial charge on any atom is 0.106 e. The van der Waals surface area contributed by atoms with Crippen LogP contribution in [0.1, 0.15) is 18.1 Å². The van der Waals surface area contributed by atoms with Gasteiger partial charge in [-0.3, -0.25) is 0 Å². The van der Waals surface area contributed by atoms with E-state index in [1.807, 2.05) is 6.92 Å². The molecule has 0 N–H and O–H groups in total. The van der Waals surface area contributed by atoms with Gasteiger partial charge in [0.2, 0.25) is 0 Å². The largest absolute Gasteiger partial charge is 0.399 e. The molecule has 2 nitrogen and oxygen atoms in total. The molecule has 2 aromatic carbocycles. The molecule has 0 saturated carbocycles. The fraction of sp³-hybridized carbons (Fsp3) is 0.188. The zero-order valence-electron chi connectivity index (χ0n) is 11.0. The van der Waals surface area contributed by atoms with Crippen molar-refractivity contribution in [2.24, 2.45) is 5.16 Å². The highest BCUT2D eigenvalue weighted by Gasteiger charge is 2.00. The molecule has 0 fully saturated rings. The standard InChI is InChI=1S/C16H17NO/c1-12-4-6-15(7-5-12)16-10-8-14(9-11-16)13(2)17-18-3/h4-11H,1-3H3. The average Bonchev–Trinajstić information content (AvgIpc) is 2.40. The highest BCUT2D eigenvalue weighted by molar-refractivity contribution is 5.98. The zero-order chi connectivity index (χ0) is 13.0. The Morgan fingerprint density at radius 1 is 0.889 bits per heavy atom. The summed E-state index contributed by atoms with van der Waals surface area (Å²) in [5.74, 6) is 0. The van der Waals surface area contributed by atoms with Gasteiger partial charge < -0.3 is 4.84 Å². The predicted molar refractivity (Wildman–Crippen MR) is 75.8 cm³/mol. The summed E-state index contributed by atoms with van der Waals surface area (Å²) in [6.45, 7) is 4.03. The summed E-state index contributed by atoms with van der Waals surface area (Å²) in [6.07, 6.45) is 0. The molecule has 0 unspecified atom stereocenters. The van der Waals surface area contributed by atoms with Gasteiger partial charge in [0.1, 0.15) is 7.11 Å². The van der Waals surface area contributed by atoms with Crippen LogP contribution in [0.25, 0.3) is 11.1 Å². The van der Waals surface area contributed by atoms with Crippen molar-refractivity contribution in [3.8, 4) is 11.1 Å². The maximum absolute atomic E-state index is 4.77. The number of benzene rings is 2. The Labute approximate surface area is 108 Å². The van der Waals surface area contributed by atoms with Crippen LogP contribution >= 0.6 is 0 Å². The van der Waals surface area contributed by atoms with E-state index in [0.717, 1.165) is 11.3 Å². The highest BCUT2D eigenvalue weighted by atomic mass is 16.6. The minimum absolute atomic E-state index is 0.882. The number of rotatable bonds is 3. The van der Waals surface area contributed by atoms with Crippen LogP contribution in [0, 0.1) is 6.92 Å². The lowest BCUT2D eigenvalue weighted by molar-refractivity contribution is 0.213. The van der Waals surface area contributed by atoms with E-state index in [1.165, 1.54) is 16.7 Å². The molecule has 0 aromatic heterocycles. The molecule has 0 bridgehead atoms. The van der Waals surface area contributed by atoms with Crippen molar-refractivity contribution in [1.82, 2.24) is 0 Å². The number of hydrogen-bond donors (Lipinski definition) is 0. The molecule has 0 aliphatic rings. The number of hydrogen-bond acceptors (Lipinski definition) is 2. The van der Waals surface area contributed by atoms with E-state index in [4.69, 9.17) is 4.84 Å². The quantitative estimate of drug-likeness (QED) is 0.585. The number of oxime groups is 1. The monoisotopic (exact) mass is 239 g/mol. The Morgan fingerprint density at radius 2 is 1.39 bits per heavy atom. The van der Waals surface area contributed by atoms with E-state index < -0.39 is 0 Å². The minimum atomic E-state index is 0.882. The van der Waals surface area contributed by atoms with Crippen molar-refractivity contribution in [1.29, 1.82) is 0 Å². The predicted octanol–water partition coefficient (Wildman–Crippen LogP) is 4.03. The van der Waals surface area contributed by atoms with E-state index in [-0.39, 0.29) is 0 Å². The number of nitrogens with zero attached hydrogens (tertiary/aromatic N) is 1. The van der Waals surface area contributed by atoms with E-state index in [0.29, 0.717) is 0 Å². The first-order valence-corrected chi connectivity index (χ1v) is 5.96. The second-order valence-electron chi connectivity index (χ2n) is 4.30. The molecule has 18 heavy (non-hydrogen) atoms. The molecule has 0 amide bonds. The van der Waals surface area contributed by atoms with Crippen molar-refractivity contribution >= 4 is 5.71 Å². The highest BCUT2D eigenvalue weighted by Crippen LogP contribution is 2.20. The van der Waals surface area contributed by atoms with Gasteiger partial charge in [-0.2, -0.15) is 0 Å². The smallest absolute Gasteiger partial charge is 0.106 e. The van der Waals surface area contributed by atoms with Gasteiger partial charge in [-0.05, 0) is 30.5 Å². The Morgan fingerprint density at radius 3 is 1.89 bits per heavy atom. The SMILES string of the molecule is CON=C(C)c1ccc(-c2ccc(C)cc2)cc1. The molecule has 0 aliphatic carbocycles. The summed E-state index contributed by atoms with van der Waals surface area (Å²) < 4.78 is 0. The molecule has 0 saturated heterocycles. The van der Waals surface area contributed by atoms with Crippen LogP contribution in [-0.4, -0.2) is 12.8 Å². The Hall–Kier alpha value is -2.09. The van der Waals surface area contributed by atoms with Crippen molar-refractivity contribution in [2.45, 2.75) is 13.8 Å². The molecular weight excluding hydrogens is 222 g/mol. The van der Waals surface area contributed by atoms with E-state index in [9.17, 15) is 0 Å². The molecule has 2 aromatic rings. The average molecular weight is 239 g/mol. The zero-order valence-corrected chi connectivity index (χ0v) is 11.0. The van der Waals surface area contributed by atoms with Gasteiger partial charge in [-0.15, -0.1) is 0 Å². The van der Waals surface area contributed by atoms with Gasteiger partial charge in [0.05, 0.1) is 5.71 Å². The molecule has 0 heterocycles. The fourth-order valence-corrected chi connectivity index (χ4v) is 1.84. The van der Waals surface area contributed by atoms with Crippen LogP contribution in [0.2, 0.25) is 0 Å². The van der Waals surface area contributed by atoms with Crippen LogP contribution in [0.15, 0.2) is 53.7 Å². The van der Waals surface area contributed by atoms with E-state index in [2.05, 4.69) is 60.6 Å². The van der Waals surface area contributed by atoms with Crippen LogP contribution in [0.5, 0.6) is 0 Å². The fourth-order valence-electron chi connectivity index (χ4n) is 1.84. The second kappa shape index (κ2) is 5.50. The molecule has 0 atom stereocenters. The third-order valence-corrected chi connectivity index (χ3v) is 2.92. The third kappa shape index (κ3) is 2.77. The van der Waals surface area contributed by atoms with Crippen molar-refractivity contribution < 1.29 is 4.84 Å². The minimum Gasteiger partial charge on any atom is -0.399 e. The molecule has 92 valence electrons. The first-order chi connectivity index (χ1) is 8.70. The molecule has 0 spiro atoms. The molecule has 2 heteroatoms. The summed E-state index contributed by atoms with van der Waals surface area (Å²) in [5.41, 5.74) is 5.68. The first-order valence-electron chi connectivity index (χ1n) is 5.96. The van der Waals surface area contributed by atoms with Gasteiger partial charge in [0.25, 0.3) is 0 Å². The van der Waals surface area contributed by atoms with Crippen molar-refractivity contribution in [2.75, 3.05) is 7.11 Å². The summed E-state index contributed by atoms with van der Waals surface area (Å²) in [4.78, 5) is 4.77. The van der Waals surface area contributed by atoms with Crippen LogP contribution in [0.4, 0.5) is 0 Å². The summed E-state index contributed by atoms with van der Waals surface area (Å²) in [7, 11) is 1.56. The number of aryl methyl sites for hydroxylation is 1. The summed E-state index contributed by atoms with van der Waals surface area (Å²) in [6, 6.07) is 16.9. The normalized spacial score (nSPS) is 11.4. The third-order valence-electron chi connectivity index (χ3n) is 2.92. The lowest BCUT2D eigenvalue weighted by atomic mass is 10.0. The van der Waals surface area contributed by atoms with Gasteiger partial charge in [0, 0.05) is 0 Å². The van der Waals surface area contributed by atoms with Crippen LogP contribution < -0.4 is 0 Å². The van der Waals surface area contributed by atoms with E-state index in [1.54, 1.807) is 7.11 Å². The maximum atomic E-state index is 4.77. The summed E-state index contributed by atoms with van der Waals surface area (Å²) in [5, 5.41) is 3.93. The molecule has 0 radical (unpaired) electrons. The van der Waals surface area contributed by atoms with Crippen molar-refractivity contribution in [3.05, 3.63) is 59.7 Å². The van der Waals surface area contributed by atoms with E-state index >= 15 is 0 Å². The Bertz CT molecular complexity index is 538. The van der Waals surface area contributed by atoms with Crippen LogP contribution in [-0.2, 0) is 4.84 Å². The topological polar surface area (TPSA) is 21.6 Å². The summed E-state index contributed by atoms with van der Waals surface area (Å²) >= 11 is 0. The lowest BCUT2D eigenvalue weighted by Crippen LogP contribution is -1.94. The first kappa shape index (κ1) is 12.4. The molecule has 2 rings (SSSR count). The van der Waals surface area contributed by atoms with Gasteiger partial charge >= 0.3 is 0 Å². The molecule has 0 aliphatic heterocycles. The van der Waals surface area contributed by atoms with Crippen molar-refractivity contribution in [3.63, 3.8) is 0 Å². The lowest BCUT2D eigenvalue weighted by Gasteiger charge is -2.04. The van der Waals surface area contributed by atoms with Gasteiger partial charge in [0.15, 0.2) is 0 Å². The molecular formula is C16H17NO.